The molecule has 1 amide bonds. The lowest BCUT2D eigenvalue weighted by Crippen LogP contribution is -2.32. The fraction of sp³-hybridized carbons (Fsp3) is 0.571. The van der Waals surface area contributed by atoms with Gasteiger partial charge in [-0.1, -0.05) is 0 Å². The first kappa shape index (κ1) is 6.15. The third-order valence-electron chi connectivity index (χ3n) is 1.55. The van der Waals surface area contributed by atoms with Gasteiger partial charge in [-0.15, -0.1) is 6.42 Å². The van der Waals surface area contributed by atoms with E-state index in [4.69, 9.17) is 6.42 Å². The van der Waals surface area contributed by atoms with Crippen molar-refractivity contribution in [1.82, 2.24) is 5.32 Å². The van der Waals surface area contributed by atoms with Gasteiger partial charge in [0.1, 0.15) is 0 Å². The molecule has 0 aromatic heterocycles. The molecule has 0 aromatic carbocycles. The molecular weight excluding hydrogens is 114 g/mol. The molecule has 1 rings (SSSR count). The number of carbonyl (C=O) groups excluding carboxylic acids is 1. The van der Waals surface area contributed by atoms with Gasteiger partial charge in [0.2, 0.25) is 0 Å². The Labute approximate surface area is 54.6 Å². The van der Waals surface area contributed by atoms with Crippen LogP contribution >= 0.6 is 0 Å². The molecule has 0 unspecified atom stereocenters. The first-order chi connectivity index (χ1) is 4.16. The van der Waals surface area contributed by atoms with Crippen molar-refractivity contribution in [2.75, 3.05) is 0 Å². The standard InChI is InChI=1S/C7H9NO/c1-3-6(9)8-7(2)4-5-7/h1H,4-5H2,2H3,(H,8,9). The second kappa shape index (κ2) is 1.77. The van der Waals surface area contributed by atoms with Gasteiger partial charge in [0, 0.05) is 5.54 Å². The average Bonchev–Trinajstić information content (AvgIpc) is 2.48. The Morgan fingerprint density at radius 1 is 1.78 bits per heavy atom. The van der Waals surface area contributed by atoms with Gasteiger partial charge in [0.25, 0.3) is 5.91 Å². The molecule has 48 valence electrons. The number of rotatable bonds is 1. The molecule has 0 aromatic rings. The van der Waals surface area contributed by atoms with Gasteiger partial charge in [-0.2, -0.15) is 0 Å². The van der Waals surface area contributed by atoms with E-state index in [-0.39, 0.29) is 11.4 Å². The molecule has 0 radical (unpaired) electrons. The molecule has 0 aliphatic heterocycles. The molecule has 1 saturated carbocycles. The summed E-state index contributed by atoms with van der Waals surface area (Å²) in [6.45, 7) is 1.99. The summed E-state index contributed by atoms with van der Waals surface area (Å²) < 4.78 is 0. The van der Waals surface area contributed by atoms with Gasteiger partial charge in [-0.3, -0.25) is 4.79 Å². The second-order valence-electron chi connectivity index (χ2n) is 2.66. The van der Waals surface area contributed by atoms with E-state index in [0.29, 0.717) is 0 Å². The molecule has 0 saturated heterocycles. The second-order valence-corrected chi connectivity index (χ2v) is 2.66. The maximum Gasteiger partial charge on any atom is 0.296 e. The molecule has 0 heterocycles. The van der Waals surface area contributed by atoms with Crippen molar-refractivity contribution in [2.45, 2.75) is 25.3 Å². The fourth-order valence-electron chi connectivity index (χ4n) is 0.623. The minimum atomic E-state index is -0.296. The third kappa shape index (κ3) is 1.46. The highest BCUT2D eigenvalue weighted by Gasteiger charge is 2.38. The normalized spacial score (nSPS) is 20.0. The molecule has 1 aliphatic rings. The zero-order valence-electron chi connectivity index (χ0n) is 5.40. The maximum atomic E-state index is 10.5. The molecule has 0 spiro atoms. The highest BCUT2D eigenvalue weighted by molar-refractivity contribution is 5.93. The zero-order valence-corrected chi connectivity index (χ0v) is 5.40. The molecule has 2 nitrogen and oxygen atoms in total. The fourth-order valence-corrected chi connectivity index (χ4v) is 0.623. The molecule has 1 N–H and O–H groups in total. The highest BCUT2D eigenvalue weighted by Crippen LogP contribution is 2.33. The molecule has 0 bridgehead atoms. The number of hydrogen-bond acceptors (Lipinski definition) is 1. The van der Waals surface area contributed by atoms with Crippen LogP contribution < -0.4 is 5.32 Å². The van der Waals surface area contributed by atoms with Crippen molar-refractivity contribution in [1.29, 1.82) is 0 Å². The van der Waals surface area contributed by atoms with Crippen molar-refractivity contribution < 1.29 is 4.79 Å². The molecule has 9 heavy (non-hydrogen) atoms. The first-order valence-corrected chi connectivity index (χ1v) is 2.95. The summed E-state index contributed by atoms with van der Waals surface area (Å²) in [4.78, 5) is 10.5. The Kier molecular flexibility index (Phi) is 1.21. The summed E-state index contributed by atoms with van der Waals surface area (Å²) in [7, 11) is 0. The van der Waals surface area contributed by atoms with E-state index in [1.54, 1.807) is 0 Å². The molecule has 1 fully saturated rings. The van der Waals surface area contributed by atoms with Crippen LogP contribution in [0.3, 0.4) is 0 Å². The average molecular weight is 123 g/mol. The molecular formula is C7H9NO. The quantitative estimate of drug-likeness (QED) is 0.499. The van der Waals surface area contributed by atoms with Crippen LogP contribution in [0.2, 0.25) is 0 Å². The number of carbonyl (C=O) groups is 1. The van der Waals surface area contributed by atoms with Crippen molar-refractivity contribution in [3.63, 3.8) is 0 Å². The van der Waals surface area contributed by atoms with Crippen molar-refractivity contribution >= 4 is 5.91 Å². The van der Waals surface area contributed by atoms with Crippen LogP contribution in [0, 0.1) is 12.3 Å². The number of nitrogens with one attached hydrogen (secondary N) is 1. The van der Waals surface area contributed by atoms with Crippen molar-refractivity contribution in [2.24, 2.45) is 0 Å². The lowest BCUT2D eigenvalue weighted by atomic mass is 10.3. The largest absolute Gasteiger partial charge is 0.340 e. The molecule has 2 heteroatoms. The van der Waals surface area contributed by atoms with Crippen molar-refractivity contribution in [3.05, 3.63) is 0 Å². The maximum absolute atomic E-state index is 10.5. The Hall–Kier alpha value is -0.970. The lowest BCUT2D eigenvalue weighted by molar-refractivity contribution is -0.116. The van der Waals surface area contributed by atoms with Crippen LogP contribution in [0.15, 0.2) is 0 Å². The minimum absolute atomic E-state index is 0.0312. The van der Waals surface area contributed by atoms with E-state index in [9.17, 15) is 4.79 Å². The van der Waals surface area contributed by atoms with Gasteiger partial charge < -0.3 is 5.32 Å². The highest BCUT2D eigenvalue weighted by atomic mass is 16.1. The summed E-state index contributed by atoms with van der Waals surface area (Å²) in [5, 5.41) is 2.70. The zero-order chi connectivity index (χ0) is 6.91. The Morgan fingerprint density at radius 3 is 2.67 bits per heavy atom. The number of amides is 1. The predicted octanol–water partition coefficient (Wildman–Crippen LogP) is 0.288. The van der Waals surface area contributed by atoms with Gasteiger partial charge in [-0.05, 0) is 25.7 Å². The van der Waals surface area contributed by atoms with E-state index in [2.05, 4.69) is 5.32 Å². The monoisotopic (exact) mass is 123 g/mol. The molecule has 1 aliphatic carbocycles. The van der Waals surface area contributed by atoms with Crippen LogP contribution in [0.5, 0.6) is 0 Å². The summed E-state index contributed by atoms with van der Waals surface area (Å²) >= 11 is 0. The minimum Gasteiger partial charge on any atom is -0.340 e. The SMILES string of the molecule is C#CC(=O)NC1(C)CC1. The van der Waals surface area contributed by atoms with Gasteiger partial charge in [0.05, 0.1) is 0 Å². The van der Waals surface area contributed by atoms with E-state index in [0.717, 1.165) is 12.8 Å². The topological polar surface area (TPSA) is 29.1 Å². The van der Waals surface area contributed by atoms with E-state index >= 15 is 0 Å². The van der Waals surface area contributed by atoms with E-state index in [1.807, 2.05) is 12.8 Å². The van der Waals surface area contributed by atoms with Gasteiger partial charge in [-0.25, -0.2) is 0 Å². The Balaban J connectivity index is 2.36. The first-order valence-electron chi connectivity index (χ1n) is 2.95. The smallest absolute Gasteiger partial charge is 0.296 e. The van der Waals surface area contributed by atoms with E-state index in [1.165, 1.54) is 0 Å². The van der Waals surface area contributed by atoms with Crippen LogP contribution in [0.25, 0.3) is 0 Å². The predicted molar refractivity (Wildman–Crippen MR) is 34.6 cm³/mol. The Morgan fingerprint density at radius 2 is 2.33 bits per heavy atom. The van der Waals surface area contributed by atoms with E-state index < -0.39 is 0 Å². The third-order valence-corrected chi connectivity index (χ3v) is 1.55. The van der Waals surface area contributed by atoms with Crippen LogP contribution in [0.4, 0.5) is 0 Å². The molecule has 0 atom stereocenters. The van der Waals surface area contributed by atoms with Crippen LogP contribution in [-0.2, 0) is 4.79 Å². The summed E-state index contributed by atoms with van der Waals surface area (Å²) in [6, 6.07) is 0. The number of hydrogen-bond donors (Lipinski definition) is 1. The Bertz CT molecular complexity index is 174. The van der Waals surface area contributed by atoms with Crippen molar-refractivity contribution in [3.8, 4) is 12.3 Å². The summed E-state index contributed by atoms with van der Waals surface area (Å²) in [6.07, 6.45) is 6.96. The van der Waals surface area contributed by atoms with Gasteiger partial charge >= 0.3 is 0 Å². The van der Waals surface area contributed by atoms with Gasteiger partial charge in [0.15, 0.2) is 0 Å². The van der Waals surface area contributed by atoms with Crippen LogP contribution in [-0.4, -0.2) is 11.4 Å². The number of terminal acetylenes is 1. The summed E-state index contributed by atoms with van der Waals surface area (Å²) in [5.41, 5.74) is 0.0312. The summed E-state index contributed by atoms with van der Waals surface area (Å²) in [5.74, 6) is 1.72. The van der Waals surface area contributed by atoms with Crippen LogP contribution in [0.1, 0.15) is 19.8 Å². The lowest BCUT2D eigenvalue weighted by Gasteiger charge is -2.05.